The lowest BCUT2D eigenvalue weighted by atomic mass is 9.91. The molecule has 0 heterocycles. The molecule has 0 amide bonds. The van der Waals surface area contributed by atoms with E-state index >= 15 is 0 Å². The highest BCUT2D eigenvalue weighted by atomic mass is 16.6. The number of rotatable bonds is 10. The fourth-order valence-electron chi connectivity index (χ4n) is 2.48. The molecule has 29 heavy (non-hydrogen) atoms. The number of methoxy groups -OCH3 is 2. The number of benzene rings is 2. The smallest absolute Gasteiger partial charge is 0.311 e. The summed E-state index contributed by atoms with van der Waals surface area (Å²) in [5.74, 6) is 1.26. The van der Waals surface area contributed by atoms with Crippen LogP contribution in [0.25, 0.3) is 0 Å². The average Bonchev–Trinajstić information content (AvgIpc) is 2.75. The molecule has 2 aromatic carbocycles. The van der Waals surface area contributed by atoms with Gasteiger partial charge in [-0.2, -0.15) is 0 Å². The Bertz CT molecular complexity index is 839. The van der Waals surface area contributed by atoms with E-state index in [0.29, 0.717) is 34.8 Å². The number of carbonyl (C=O) groups is 2. The van der Waals surface area contributed by atoms with E-state index in [-0.39, 0.29) is 25.0 Å². The van der Waals surface area contributed by atoms with Crippen LogP contribution in [0.1, 0.15) is 43.1 Å². The molecule has 0 aromatic heterocycles. The molecule has 0 N–H and O–H groups in total. The summed E-state index contributed by atoms with van der Waals surface area (Å²) in [4.78, 5) is 24.7. The van der Waals surface area contributed by atoms with Gasteiger partial charge < -0.3 is 18.9 Å². The van der Waals surface area contributed by atoms with E-state index in [1.165, 1.54) is 7.11 Å². The molecule has 2 rings (SSSR count). The maximum absolute atomic E-state index is 12.8. The van der Waals surface area contributed by atoms with Gasteiger partial charge in [0.2, 0.25) is 0 Å². The van der Waals surface area contributed by atoms with Gasteiger partial charge in [-0.1, -0.05) is 6.92 Å². The Balaban J connectivity index is 1.95. The summed E-state index contributed by atoms with van der Waals surface area (Å²) in [5.41, 5.74) is 0.467. The third kappa shape index (κ3) is 5.73. The molecule has 0 unspecified atom stereocenters. The minimum Gasteiger partial charge on any atom is -0.497 e. The summed E-state index contributed by atoms with van der Waals surface area (Å²) in [6, 6.07) is 11.9. The molecule has 0 spiro atoms. The molecule has 156 valence electrons. The van der Waals surface area contributed by atoms with Crippen LogP contribution in [-0.4, -0.2) is 39.2 Å². The first kappa shape index (κ1) is 22.3. The van der Waals surface area contributed by atoms with E-state index in [0.717, 1.165) is 0 Å². The van der Waals surface area contributed by atoms with Crippen LogP contribution in [0.15, 0.2) is 42.5 Å². The molecule has 0 bridgehead atoms. The van der Waals surface area contributed by atoms with Crippen LogP contribution < -0.4 is 14.2 Å². The monoisotopic (exact) mass is 400 g/mol. The third-order valence-corrected chi connectivity index (χ3v) is 4.79. The van der Waals surface area contributed by atoms with Gasteiger partial charge in [-0.15, -0.1) is 0 Å². The van der Waals surface area contributed by atoms with Crippen molar-refractivity contribution in [2.45, 2.75) is 27.2 Å². The van der Waals surface area contributed by atoms with Gasteiger partial charge >= 0.3 is 5.97 Å². The summed E-state index contributed by atoms with van der Waals surface area (Å²) < 4.78 is 21.3. The molecule has 0 radical (unpaired) electrons. The van der Waals surface area contributed by atoms with Gasteiger partial charge in [0.25, 0.3) is 0 Å². The minimum atomic E-state index is -0.496. The summed E-state index contributed by atoms with van der Waals surface area (Å²) in [7, 11) is 3.07. The topological polar surface area (TPSA) is 71.1 Å². The number of esters is 1. The second-order valence-electron chi connectivity index (χ2n) is 7.14. The number of hydrogen-bond acceptors (Lipinski definition) is 6. The van der Waals surface area contributed by atoms with Crippen LogP contribution in [0.4, 0.5) is 0 Å². The molecular formula is C23H28O6. The van der Waals surface area contributed by atoms with Crippen molar-refractivity contribution in [3.63, 3.8) is 0 Å². The lowest BCUT2D eigenvalue weighted by molar-refractivity contribution is -0.154. The van der Waals surface area contributed by atoms with E-state index in [9.17, 15) is 9.59 Å². The van der Waals surface area contributed by atoms with Crippen molar-refractivity contribution in [2.75, 3.05) is 27.4 Å². The zero-order chi connectivity index (χ0) is 21.4. The molecule has 6 heteroatoms. The van der Waals surface area contributed by atoms with Crippen molar-refractivity contribution in [2.24, 2.45) is 5.41 Å². The Morgan fingerprint density at radius 2 is 1.55 bits per heavy atom. The molecule has 0 aliphatic heterocycles. The zero-order valence-corrected chi connectivity index (χ0v) is 17.6. The highest BCUT2D eigenvalue weighted by Crippen LogP contribution is 2.27. The van der Waals surface area contributed by atoms with E-state index in [1.807, 2.05) is 20.8 Å². The van der Waals surface area contributed by atoms with Crippen molar-refractivity contribution in [3.05, 3.63) is 53.6 Å². The maximum atomic E-state index is 12.8. The quantitative estimate of drug-likeness (QED) is 0.337. The van der Waals surface area contributed by atoms with Gasteiger partial charge in [-0.25, -0.2) is 0 Å². The van der Waals surface area contributed by atoms with Crippen LogP contribution in [0.3, 0.4) is 0 Å². The average molecular weight is 400 g/mol. The van der Waals surface area contributed by atoms with Gasteiger partial charge in [0.15, 0.2) is 5.78 Å². The van der Waals surface area contributed by atoms with E-state index < -0.39 is 5.41 Å². The van der Waals surface area contributed by atoms with Crippen LogP contribution in [0.5, 0.6) is 17.2 Å². The van der Waals surface area contributed by atoms with Crippen molar-refractivity contribution >= 4 is 11.8 Å². The molecule has 0 atom stereocenters. The van der Waals surface area contributed by atoms with Crippen LogP contribution in [0, 0.1) is 5.41 Å². The van der Waals surface area contributed by atoms with Crippen molar-refractivity contribution in [1.82, 2.24) is 0 Å². The van der Waals surface area contributed by atoms with E-state index in [1.54, 1.807) is 49.6 Å². The van der Waals surface area contributed by atoms with E-state index in [4.69, 9.17) is 18.9 Å². The number of ether oxygens (including phenoxy) is 4. The predicted molar refractivity (Wildman–Crippen MR) is 110 cm³/mol. The molecule has 0 saturated carbocycles. The first-order valence-corrected chi connectivity index (χ1v) is 9.49. The Morgan fingerprint density at radius 3 is 2.14 bits per heavy atom. The second kappa shape index (κ2) is 9.96. The fraction of sp³-hybridized carbons (Fsp3) is 0.391. The summed E-state index contributed by atoms with van der Waals surface area (Å²) in [5, 5.41) is 0. The molecule has 0 fully saturated rings. The van der Waals surface area contributed by atoms with E-state index in [2.05, 4.69) is 0 Å². The first-order valence-electron chi connectivity index (χ1n) is 9.49. The number of carbonyl (C=O) groups excluding carboxylic acids is 2. The highest BCUT2D eigenvalue weighted by molar-refractivity contribution is 6.10. The Morgan fingerprint density at radius 1 is 0.897 bits per heavy atom. The number of hydrogen-bond donors (Lipinski definition) is 0. The van der Waals surface area contributed by atoms with Crippen LogP contribution in [-0.2, 0) is 9.53 Å². The zero-order valence-electron chi connectivity index (χ0n) is 17.6. The van der Waals surface area contributed by atoms with Crippen molar-refractivity contribution in [1.29, 1.82) is 0 Å². The lowest BCUT2D eigenvalue weighted by Crippen LogP contribution is -2.27. The van der Waals surface area contributed by atoms with Gasteiger partial charge in [0.1, 0.15) is 30.5 Å². The fourth-order valence-corrected chi connectivity index (χ4v) is 2.48. The standard InChI is InChI=1S/C23H28O6/c1-6-23(2,3)22(25)29-14-13-28-17-9-7-16(8-10-17)21(24)19-12-11-18(26-4)15-20(19)27-5/h7-12,15H,6,13-14H2,1-5H3. The molecule has 0 saturated heterocycles. The largest absolute Gasteiger partial charge is 0.497 e. The highest BCUT2D eigenvalue weighted by Gasteiger charge is 2.26. The van der Waals surface area contributed by atoms with Gasteiger partial charge in [-0.05, 0) is 56.7 Å². The van der Waals surface area contributed by atoms with Gasteiger partial charge in [0, 0.05) is 11.6 Å². The summed E-state index contributed by atoms with van der Waals surface area (Å²) in [6.07, 6.45) is 0.709. The van der Waals surface area contributed by atoms with Crippen molar-refractivity contribution < 1.29 is 28.5 Å². The Hall–Kier alpha value is -3.02. The van der Waals surface area contributed by atoms with Gasteiger partial charge in [0.05, 0.1) is 25.2 Å². The molecule has 2 aromatic rings. The molecule has 0 aliphatic carbocycles. The molecule has 6 nitrogen and oxygen atoms in total. The van der Waals surface area contributed by atoms with Crippen LogP contribution >= 0.6 is 0 Å². The summed E-state index contributed by atoms with van der Waals surface area (Å²) >= 11 is 0. The predicted octanol–water partition coefficient (Wildman–Crippen LogP) is 4.29. The first-order chi connectivity index (χ1) is 13.8. The Kier molecular flexibility index (Phi) is 7.65. The Labute approximate surface area is 171 Å². The normalized spacial score (nSPS) is 10.9. The minimum absolute atomic E-state index is 0.160. The molecular weight excluding hydrogens is 372 g/mol. The summed E-state index contributed by atoms with van der Waals surface area (Å²) in [6.45, 7) is 6.06. The third-order valence-electron chi connectivity index (χ3n) is 4.79. The molecule has 0 aliphatic rings. The van der Waals surface area contributed by atoms with Gasteiger partial charge in [-0.3, -0.25) is 9.59 Å². The second-order valence-corrected chi connectivity index (χ2v) is 7.14. The van der Waals surface area contributed by atoms with Crippen LogP contribution in [0.2, 0.25) is 0 Å². The lowest BCUT2D eigenvalue weighted by Gasteiger charge is -2.20. The van der Waals surface area contributed by atoms with Crippen molar-refractivity contribution in [3.8, 4) is 17.2 Å². The SMILES string of the molecule is CCC(C)(C)C(=O)OCCOc1ccc(C(=O)c2ccc(OC)cc2OC)cc1. The maximum Gasteiger partial charge on any atom is 0.311 e. The number of ketones is 1.